The molecule has 0 saturated heterocycles. The van der Waals surface area contributed by atoms with Gasteiger partial charge in [-0.3, -0.25) is 4.79 Å². The second-order valence-electron chi connectivity index (χ2n) is 9.40. The van der Waals surface area contributed by atoms with Gasteiger partial charge in [0.05, 0.1) is 30.3 Å². The number of nitrogens with zero attached hydrogens (tertiary/aromatic N) is 2. The molecule has 1 unspecified atom stereocenters. The average molecular weight is 540 g/mol. The third-order valence-electron chi connectivity index (χ3n) is 6.73. The maximum atomic E-state index is 13.2. The molecule has 0 bridgehead atoms. The van der Waals surface area contributed by atoms with Crippen molar-refractivity contribution in [2.45, 2.75) is 39.3 Å². The third-order valence-corrected chi connectivity index (χ3v) is 6.73. The summed E-state index contributed by atoms with van der Waals surface area (Å²) in [7, 11) is 0. The van der Waals surface area contributed by atoms with Gasteiger partial charge in [-0.05, 0) is 55.7 Å². The van der Waals surface area contributed by atoms with Crippen LogP contribution in [0.15, 0.2) is 81.7 Å². The molecule has 3 aromatic carbocycles. The van der Waals surface area contributed by atoms with E-state index in [1.54, 1.807) is 26.0 Å². The molecule has 0 aliphatic heterocycles. The van der Waals surface area contributed by atoms with Gasteiger partial charge in [-0.15, -0.1) is 0 Å². The van der Waals surface area contributed by atoms with E-state index in [2.05, 4.69) is 15.3 Å². The molecule has 0 spiro atoms. The van der Waals surface area contributed by atoms with Crippen LogP contribution >= 0.6 is 13.5 Å². The first kappa shape index (κ1) is 27.7. The minimum Gasteiger partial charge on any atom is -0.458 e. The Balaban J connectivity index is 0.00000353. The number of carbonyl (C=O) groups excluding carboxylic acids is 1. The Morgan fingerprint density at radius 2 is 1.82 bits per heavy atom. The number of hydrogen-bond acceptors (Lipinski definition) is 5. The van der Waals surface area contributed by atoms with Crippen molar-refractivity contribution in [1.82, 2.24) is 10.5 Å². The number of furan rings is 1. The smallest absolute Gasteiger partial charge is 0.225 e. The van der Waals surface area contributed by atoms with Crippen molar-refractivity contribution in [2.75, 3.05) is 0 Å². The summed E-state index contributed by atoms with van der Waals surface area (Å²) < 4.78 is 11.1. The van der Waals surface area contributed by atoms with Crippen molar-refractivity contribution < 1.29 is 18.8 Å². The van der Waals surface area contributed by atoms with Crippen molar-refractivity contribution in [3.8, 4) is 0 Å². The molecule has 39 heavy (non-hydrogen) atoms. The highest BCUT2D eigenvalue weighted by atomic mass is 32.1. The summed E-state index contributed by atoms with van der Waals surface area (Å²) in [6.07, 6.45) is -0.824. The summed E-state index contributed by atoms with van der Waals surface area (Å²) in [6, 6.07) is 22.3. The molecule has 5 rings (SSSR count). The molecular weight excluding hydrogens is 510 g/mol. The number of aryl methyl sites for hydroxylation is 3. The van der Waals surface area contributed by atoms with E-state index in [1.165, 1.54) is 0 Å². The molecule has 2 heterocycles. The molecule has 0 aliphatic rings. The number of fused-ring (bicyclic) bond motifs is 1. The fourth-order valence-electron chi connectivity index (χ4n) is 4.82. The molecular formula is C31H29N3O4S. The maximum Gasteiger partial charge on any atom is 0.225 e. The molecule has 0 aliphatic carbocycles. The second-order valence-corrected chi connectivity index (χ2v) is 9.40. The van der Waals surface area contributed by atoms with E-state index < -0.39 is 6.10 Å². The number of aliphatic hydroxyl groups is 1. The summed E-state index contributed by atoms with van der Waals surface area (Å²) in [5.41, 5.74) is 6.06. The van der Waals surface area contributed by atoms with Crippen LogP contribution in [0, 0.1) is 27.3 Å². The fraction of sp³-hybridized carbons (Fsp3) is 0.194. The lowest BCUT2D eigenvalue weighted by Gasteiger charge is -2.22. The number of aromatic nitrogens is 1. The quantitative estimate of drug-likeness (QED) is 0.229. The molecule has 1 amide bonds. The molecule has 8 heteroatoms. The number of aliphatic hydroxyl groups excluding tert-OH is 1. The molecule has 2 atom stereocenters. The molecule has 2 aromatic heterocycles. The molecule has 0 saturated carbocycles. The minimum atomic E-state index is -0.996. The number of benzene rings is 3. The van der Waals surface area contributed by atoms with Crippen LogP contribution in [0.2, 0.25) is 0 Å². The predicted octanol–water partition coefficient (Wildman–Crippen LogP) is 6.54. The first-order valence-corrected chi connectivity index (χ1v) is 12.3. The molecule has 198 valence electrons. The highest BCUT2D eigenvalue weighted by Crippen LogP contribution is 2.32. The van der Waals surface area contributed by atoms with Crippen LogP contribution in [0.25, 0.3) is 15.8 Å². The monoisotopic (exact) mass is 539 g/mol. The summed E-state index contributed by atoms with van der Waals surface area (Å²) in [5, 5.41) is 18.7. The molecule has 0 radical (unpaired) electrons. The van der Waals surface area contributed by atoms with Crippen LogP contribution in [-0.2, 0) is 11.2 Å². The standard InChI is InChI=1S/C31H27N3O4.H2S/c1-18-14-24(32-4)11-12-25(18)30(22-8-6-5-7-9-22)33-28(35)16-21-10-13-26-23(15-21)17-27(37-26)31(36)29-19(2)34-38-20(29)3;/h5-15,17,30-31,36H,16H2,1-3H3,(H,33,35);1H2/t30?,31-;/m1./s1. The van der Waals surface area contributed by atoms with Gasteiger partial charge in [0.25, 0.3) is 0 Å². The number of amides is 1. The third kappa shape index (κ3) is 5.75. The van der Waals surface area contributed by atoms with Crippen molar-refractivity contribution in [2.24, 2.45) is 0 Å². The Hall–Kier alpha value is -4.32. The summed E-state index contributed by atoms with van der Waals surface area (Å²) in [5.74, 6) is 0.796. The maximum absolute atomic E-state index is 13.2. The molecule has 0 fully saturated rings. The molecule has 5 aromatic rings. The zero-order valence-corrected chi connectivity index (χ0v) is 22.9. The van der Waals surface area contributed by atoms with E-state index in [1.807, 2.05) is 67.6 Å². The Bertz CT molecular complexity index is 1650. The van der Waals surface area contributed by atoms with Gasteiger partial charge in [0, 0.05) is 5.39 Å². The van der Waals surface area contributed by atoms with E-state index in [0.29, 0.717) is 34.0 Å². The van der Waals surface area contributed by atoms with Crippen LogP contribution < -0.4 is 5.32 Å². The lowest BCUT2D eigenvalue weighted by molar-refractivity contribution is -0.120. The second kappa shape index (κ2) is 11.6. The van der Waals surface area contributed by atoms with Gasteiger partial charge in [-0.1, -0.05) is 65.3 Å². The fourth-order valence-corrected chi connectivity index (χ4v) is 4.82. The van der Waals surface area contributed by atoms with Crippen LogP contribution in [0.1, 0.15) is 57.2 Å². The Morgan fingerprint density at radius 1 is 1.05 bits per heavy atom. The van der Waals surface area contributed by atoms with Gasteiger partial charge in [0.2, 0.25) is 5.91 Å². The predicted molar refractivity (Wildman–Crippen MR) is 154 cm³/mol. The Kier molecular flexibility index (Phi) is 8.24. The zero-order valence-electron chi connectivity index (χ0n) is 21.9. The van der Waals surface area contributed by atoms with Crippen molar-refractivity contribution >= 4 is 36.1 Å². The number of carbonyl (C=O) groups is 1. The SMILES string of the molecule is S.[C-]#[N+]c1ccc(C(NC(=O)Cc2ccc3oc([C@@H](O)c4c(C)noc4C)cc3c2)c2ccccc2)c(C)c1. The molecule has 2 N–H and O–H groups in total. The van der Waals surface area contributed by atoms with Gasteiger partial charge < -0.3 is 19.4 Å². The van der Waals surface area contributed by atoms with E-state index in [-0.39, 0.29) is 31.9 Å². The minimum absolute atomic E-state index is 0. The van der Waals surface area contributed by atoms with Crippen LogP contribution in [0.3, 0.4) is 0 Å². The Morgan fingerprint density at radius 3 is 2.49 bits per heavy atom. The topological polar surface area (TPSA) is 92.9 Å². The summed E-state index contributed by atoms with van der Waals surface area (Å²) in [6.45, 7) is 12.8. The lowest BCUT2D eigenvalue weighted by atomic mass is 9.94. The zero-order chi connectivity index (χ0) is 26.8. The van der Waals surface area contributed by atoms with E-state index in [4.69, 9.17) is 15.5 Å². The van der Waals surface area contributed by atoms with E-state index in [9.17, 15) is 9.90 Å². The van der Waals surface area contributed by atoms with Crippen LogP contribution in [-0.4, -0.2) is 16.2 Å². The van der Waals surface area contributed by atoms with Crippen molar-refractivity contribution in [3.63, 3.8) is 0 Å². The highest BCUT2D eigenvalue weighted by Gasteiger charge is 2.24. The highest BCUT2D eigenvalue weighted by molar-refractivity contribution is 7.59. The van der Waals surface area contributed by atoms with Gasteiger partial charge in [-0.2, -0.15) is 13.5 Å². The van der Waals surface area contributed by atoms with Gasteiger partial charge >= 0.3 is 0 Å². The van der Waals surface area contributed by atoms with Crippen LogP contribution in [0.4, 0.5) is 5.69 Å². The lowest BCUT2D eigenvalue weighted by Crippen LogP contribution is -2.31. The normalized spacial score (nSPS) is 12.4. The number of nitrogens with one attached hydrogen (secondary N) is 1. The van der Waals surface area contributed by atoms with E-state index >= 15 is 0 Å². The van der Waals surface area contributed by atoms with Crippen LogP contribution in [0.5, 0.6) is 0 Å². The van der Waals surface area contributed by atoms with Gasteiger partial charge in [0.1, 0.15) is 23.2 Å². The van der Waals surface area contributed by atoms with Crippen molar-refractivity contribution in [3.05, 3.63) is 129 Å². The Labute approximate surface area is 233 Å². The first-order chi connectivity index (χ1) is 18.3. The summed E-state index contributed by atoms with van der Waals surface area (Å²) >= 11 is 0. The number of hydrogen-bond donors (Lipinski definition) is 2. The largest absolute Gasteiger partial charge is 0.458 e. The van der Waals surface area contributed by atoms with Crippen molar-refractivity contribution in [1.29, 1.82) is 0 Å². The summed E-state index contributed by atoms with van der Waals surface area (Å²) in [4.78, 5) is 16.8. The van der Waals surface area contributed by atoms with Gasteiger partial charge in [0.15, 0.2) is 5.69 Å². The molecule has 7 nitrogen and oxygen atoms in total. The first-order valence-electron chi connectivity index (χ1n) is 12.3. The van der Waals surface area contributed by atoms with Gasteiger partial charge in [-0.25, -0.2) is 4.85 Å². The van der Waals surface area contributed by atoms with E-state index in [0.717, 1.165) is 27.6 Å². The number of rotatable bonds is 7. The average Bonchev–Trinajstić information content (AvgIpc) is 3.49.